The lowest BCUT2D eigenvalue weighted by atomic mass is 10.2. The molecule has 1 saturated heterocycles. The number of rotatable bonds is 6. The summed E-state index contributed by atoms with van der Waals surface area (Å²) in [5.41, 5.74) is 0.527. The molecule has 0 bridgehead atoms. The summed E-state index contributed by atoms with van der Waals surface area (Å²) < 4.78 is 10.6. The molecule has 1 aromatic rings. The van der Waals surface area contributed by atoms with Crippen molar-refractivity contribution in [3.63, 3.8) is 0 Å². The van der Waals surface area contributed by atoms with Gasteiger partial charge in [0, 0.05) is 26.2 Å². The molecule has 0 aliphatic carbocycles. The van der Waals surface area contributed by atoms with Crippen LogP contribution in [0.15, 0.2) is 30.3 Å². The first-order valence-corrected chi connectivity index (χ1v) is 8.68. The van der Waals surface area contributed by atoms with E-state index in [1.807, 2.05) is 51.1 Å². The van der Waals surface area contributed by atoms with Crippen LogP contribution in [0, 0.1) is 0 Å². The van der Waals surface area contributed by atoms with Crippen LogP contribution in [0.25, 0.3) is 0 Å². The van der Waals surface area contributed by atoms with Gasteiger partial charge in [0.15, 0.2) is 0 Å². The summed E-state index contributed by atoms with van der Waals surface area (Å²) in [5.74, 6) is -0.423. The van der Waals surface area contributed by atoms with Crippen LogP contribution >= 0.6 is 0 Å². The normalized spacial score (nSPS) is 16.4. The van der Waals surface area contributed by atoms with Gasteiger partial charge in [0.25, 0.3) is 0 Å². The molecule has 0 aromatic heterocycles. The maximum atomic E-state index is 11.9. The standard InChI is InChI=1S/C19H28N2O4/c1-19(2,3)25-18(23)14-21-11-9-20(10-12-21)13-17(22)24-15-16-7-5-4-6-8-16/h4-8H,9-15H2,1-3H3. The highest BCUT2D eigenvalue weighted by atomic mass is 16.6. The molecule has 6 nitrogen and oxygen atoms in total. The minimum atomic E-state index is -0.457. The summed E-state index contributed by atoms with van der Waals surface area (Å²) >= 11 is 0. The third kappa shape index (κ3) is 7.67. The maximum absolute atomic E-state index is 11.9. The number of carbonyl (C=O) groups excluding carboxylic acids is 2. The fraction of sp³-hybridized carbons (Fsp3) is 0.579. The largest absolute Gasteiger partial charge is 0.460 e. The average molecular weight is 348 g/mol. The Hall–Kier alpha value is -1.92. The highest BCUT2D eigenvalue weighted by Crippen LogP contribution is 2.09. The summed E-state index contributed by atoms with van der Waals surface area (Å²) in [6.45, 7) is 9.44. The van der Waals surface area contributed by atoms with Crippen molar-refractivity contribution >= 4 is 11.9 Å². The second kappa shape index (κ2) is 8.97. The third-order valence-corrected chi connectivity index (χ3v) is 3.83. The van der Waals surface area contributed by atoms with E-state index in [0.29, 0.717) is 13.2 Å². The molecule has 6 heteroatoms. The molecule has 2 rings (SSSR count). The molecule has 138 valence electrons. The lowest BCUT2D eigenvalue weighted by Crippen LogP contribution is -2.49. The van der Waals surface area contributed by atoms with Crippen LogP contribution in [-0.2, 0) is 25.7 Å². The van der Waals surface area contributed by atoms with E-state index in [-0.39, 0.29) is 18.5 Å². The molecule has 1 fully saturated rings. The third-order valence-electron chi connectivity index (χ3n) is 3.83. The van der Waals surface area contributed by atoms with E-state index < -0.39 is 5.60 Å². The quantitative estimate of drug-likeness (QED) is 0.729. The minimum absolute atomic E-state index is 0.205. The minimum Gasteiger partial charge on any atom is -0.460 e. The van der Waals surface area contributed by atoms with Gasteiger partial charge in [-0.3, -0.25) is 19.4 Å². The second-order valence-corrected chi connectivity index (χ2v) is 7.29. The number of nitrogens with zero attached hydrogens (tertiary/aromatic N) is 2. The summed E-state index contributed by atoms with van der Waals surface area (Å²) in [6.07, 6.45) is 0. The molecule has 1 aliphatic heterocycles. The summed E-state index contributed by atoms with van der Waals surface area (Å²) in [6, 6.07) is 9.65. The van der Waals surface area contributed by atoms with Gasteiger partial charge < -0.3 is 9.47 Å². The van der Waals surface area contributed by atoms with E-state index in [9.17, 15) is 9.59 Å². The Morgan fingerprint density at radius 2 is 1.44 bits per heavy atom. The van der Waals surface area contributed by atoms with Gasteiger partial charge in [-0.25, -0.2) is 0 Å². The smallest absolute Gasteiger partial charge is 0.320 e. The van der Waals surface area contributed by atoms with Crippen molar-refractivity contribution in [3.8, 4) is 0 Å². The SMILES string of the molecule is CC(C)(C)OC(=O)CN1CCN(CC(=O)OCc2ccccc2)CC1. The van der Waals surface area contributed by atoms with Crippen LogP contribution in [0.5, 0.6) is 0 Å². The Bertz CT molecular complexity index is 561. The van der Waals surface area contributed by atoms with E-state index in [4.69, 9.17) is 9.47 Å². The molecular weight excluding hydrogens is 320 g/mol. The maximum Gasteiger partial charge on any atom is 0.320 e. The first kappa shape index (κ1) is 19.4. The monoisotopic (exact) mass is 348 g/mol. The Kier molecular flexibility index (Phi) is 6.96. The zero-order chi connectivity index (χ0) is 18.3. The van der Waals surface area contributed by atoms with Crippen LogP contribution < -0.4 is 0 Å². The molecule has 0 N–H and O–H groups in total. The van der Waals surface area contributed by atoms with Crippen molar-refractivity contribution in [1.82, 2.24) is 9.80 Å². The zero-order valence-corrected chi connectivity index (χ0v) is 15.4. The molecule has 1 aromatic carbocycles. The molecule has 0 radical (unpaired) electrons. The van der Waals surface area contributed by atoms with Crippen LogP contribution in [0.2, 0.25) is 0 Å². The first-order chi connectivity index (χ1) is 11.8. The second-order valence-electron chi connectivity index (χ2n) is 7.29. The van der Waals surface area contributed by atoms with Gasteiger partial charge in [-0.15, -0.1) is 0 Å². The van der Waals surface area contributed by atoms with Gasteiger partial charge in [0.1, 0.15) is 12.2 Å². The fourth-order valence-corrected chi connectivity index (χ4v) is 2.63. The Labute approximate surface area is 149 Å². The number of hydrogen-bond acceptors (Lipinski definition) is 6. The van der Waals surface area contributed by atoms with Crippen molar-refractivity contribution in [2.75, 3.05) is 39.3 Å². The van der Waals surface area contributed by atoms with Crippen molar-refractivity contribution < 1.29 is 19.1 Å². The summed E-state index contributed by atoms with van der Waals surface area (Å²) in [4.78, 5) is 27.9. The average Bonchev–Trinajstić information content (AvgIpc) is 2.54. The van der Waals surface area contributed by atoms with Gasteiger partial charge in [0.2, 0.25) is 0 Å². The molecule has 25 heavy (non-hydrogen) atoms. The van der Waals surface area contributed by atoms with E-state index in [0.717, 1.165) is 31.7 Å². The lowest BCUT2D eigenvalue weighted by molar-refractivity contribution is -0.157. The summed E-state index contributed by atoms with van der Waals surface area (Å²) in [5, 5.41) is 0. The predicted octanol–water partition coefficient (Wildman–Crippen LogP) is 1.69. The Morgan fingerprint density at radius 3 is 1.96 bits per heavy atom. The summed E-state index contributed by atoms with van der Waals surface area (Å²) in [7, 11) is 0. The van der Waals surface area contributed by atoms with Gasteiger partial charge >= 0.3 is 11.9 Å². The molecule has 1 aliphatic rings. The van der Waals surface area contributed by atoms with Crippen molar-refractivity contribution in [1.29, 1.82) is 0 Å². The van der Waals surface area contributed by atoms with Crippen molar-refractivity contribution in [2.24, 2.45) is 0 Å². The van der Waals surface area contributed by atoms with E-state index in [2.05, 4.69) is 9.80 Å². The number of hydrogen-bond donors (Lipinski definition) is 0. The number of benzene rings is 1. The Morgan fingerprint density at radius 1 is 0.920 bits per heavy atom. The zero-order valence-electron chi connectivity index (χ0n) is 15.4. The van der Waals surface area contributed by atoms with Crippen LogP contribution in [0.4, 0.5) is 0 Å². The predicted molar refractivity (Wildman–Crippen MR) is 95.0 cm³/mol. The molecule has 0 spiro atoms. The van der Waals surface area contributed by atoms with E-state index in [1.54, 1.807) is 0 Å². The lowest BCUT2D eigenvalue weighted by Gasteiger charge is -2.34. The number of ether oxygens (including phenoxy) is 2. The molecule has 0 saturated carbocycles. The number of carbonyl (C=O) groups is 2. The van der Waals surface area contributed by atoms with Crippen LogP contribution in [0.1, 0.15) is 26.3 Å². The van der Waals surface area contributed by atoms with Crippen LogP contribution in [0.3, 0.4) is 0 Å². The van der Waals surface area contributed by atoms with Crippen molar-refractivity contribution in [3.05, 3.63) is 35.9 Å². The van der Waals surface area contributed by atoms with Crippen LogP contribution in [-0.4, -0.2) is 66.6 Å². The topological polar surface area (TPSA) is 59.1 Å². The fourth-order valence-electron chi connectivity index (χ4n) is 2.63. The molecular formula is C19H28N2O4. The van der Waals surface area contributed by atoms with Crippen molar-refractivity contribution in [2.45, 2.75) is 33.0 Å². The highest BCUT2D eigenvalue weighted by molar-refractivity contribution is 5.72. The molecule has 1 heterocycles. The molecule has 0 amide bonds. The van der Waals surface area contributed by atoms with Gasteiger partial charge in [-0.2, -0.15) is 0 Å². The van der Waals surface area contributed by atoms with Gasteiger partial charge in [-0.1, -0.05) is 30.3 Å². The van der Waals surface area contributed by atoms with E-state index in [1.165, 1.54) is 0 Å². The first-order valence-electron chi connectivity index (χ1n) is 8.68. The number of piperazine rings is 1. The molecule has 0 atom stereocenters. The van der Waals surface area contributed by atoms with Gasteiger partial charge in [-0.05, 0) is 26.3 Å². The Balaban J connectivity index is 1.64. The molecule has 0 unspecified atom stereocenters. The van der Waals surface area contributed by atoms with E-state index >= 15 is 0 Å². The highest BCUT2D eigenvalue weighted by Gasteiger charge is 2.23. The van der Waals surface area contributed by atoms with Gasteiger partial charge in [0.05, 0.1) is 13.1 Å². The number of esters is 2.